The predicted molar refractivity (Wildman–Crippen MR) is 137 cm³/mol. The van der Waals surface area contributed by atoms with Gasteiger partial charge in [-0.05, 0) is 36.2 Å². The highest BCUT2D eigenvalue weighted by molar-refractivity contribution is 5.60. The summed E-state index contributed by atoms with van der Waals surface area (Å²) in [5.41, 5.74) is 4.31. The van der Waals surface area contributed by atoms with Crippen molar-refractivity contribution < 1.29 is 9.84 Å². The minimum atomic E-state index is -1.16. The van der Waals surface area contributed by atoms with Crippen LogP contribution in [0.5, 0.6) is 0 Å². The molecule has 1 atom stereocenters. The van der Waals surface area contributed by atoms with E-state index < -0.39 is 5.60 Å². The van der Waals surface area contributed by atoms with Gasteiger partial charge in [0, 0.05) is 67.4 Å². The molecule has 7 nitrogen and oxygen atoms in total. The zero-order valence-corrected chi connectivity index (χ0v) is 21.3. The molecular weight excluding hydrogens is 438 g/mol. The first-order valence-corrected chi connectivity index (χ1v) is 12.6. The van der Waals surface area contributed by atoms with Gasteiger partial charge < -0.3 is 14.7 Å². The van der Waals surface area contributed by atoms with Gasteiger partial charge in [0.2, 0.25) is 0 Å². The van der Waals surface area contributed by atoms with Crippen LogP contribution in [0.1, 0.15) is 49.1 Å². The molecule has 7 heteroatoms. The Kier molecular flexibility index (Phi) is 6.53. The van der Waals surface area contributed by atoms with Crippen LogP contribution in [0.3, 0.4) is 0 Å². The number of nitrogens with one attached hydrogen (secondary N) is 1. The van der Waals surface area contributed by atoms with Gasteiger partial charge in [0.15, 0.2) is 0 Å². The van der Waals surface area contributed by atoms with Crippen LogP contribution in [-0.4, -0.2) is 76.5 Å². The quantitative estimate of drug-likeness (QED) is 0.544. The summed E-state index contributed by atoms with van der Waals surface area (Å²) in [5, 5.41) is 20.2. The van der Waals surface area contributed by atoms with Gasteiger partial charge in [-0.1, -0.05) is 45.0 Å². The van der Waals surface area contributed by atoms with Crippen LogP contribution in [0.4, 0.5) is 0 Å². The summed E-state index contributed by atoms with van der Waals surface area (Å²) in [6.45, 7) is 12.4. The highest BCUT2D eigenvalue weighted by Gasteiger charge is 2.55. The molecule has 2 fully saturated rings. The van der Waals surface area contributed by atoms with E-state index in [1.165, 1.54) is 5.56 Å². The van der Waals surface area contributed by atoms with Gasteiger partial charge in [-0.3, -0.25) is 15.0 Å². The monoisotopic (exact) mass is 475 g/mol. The molecule has 35 heavy (non-hydrogen) atoms. The van der Waals surface area contributed by atoms with Gasteiger partial charge in [-0.25, -0.2) is 0 Å². The molecule has 4 heterocycles. The highest BCUT2D eigenvalue weighted by atomic mass is 16.5. The molecule has 2 saturated heterocycles. The van der Waals surface area contributed by atoms with Crippen LogP contribution in [0.25, 0.3) is 11.3 Å². The number of benzene rings is 1. The molecule has 1 aromatic carbocycles. The van der Waals surface area contributed by atoms with E-state index in [9.17, 15) is 5.11 Å². The van der Waals surface area contributed by atoms with Crippen molar-refractivity contribution in [1.82, 2.24) is 25.0 Å². The maximum Gasteiger partial charge on any atom is 0.124 e. The molecule has 0 unspecified atom stereocenters. The largest absolute Gasteiger partial charge is 0.380 e. The Morgan fingerprint density at radius 1 is 1.09 bits per heavy atom. The number of rotatable bonds is 7. The molecule has 0 aliphatic carbocycles. The molecule has 0 bridgehead atoms. The Hall–Kier alpha value is -2.58. The Morgan fingerprint density at radius 3 is 2.46 bits per heavy atom. The summed E-state index contributed by atoms with van der Waals surface area (Å²) in [6.07, 6.45) is 3.64. The summed E-state index contributed by atoms with van der Waals surface area (Å²) in [5.74, 6) is 0.443. The van der Waals surface area contributed by atoms with Crippen molar-refractivity contribution in [2.75, 3.05) is 46.4 Å². The fourth-order valence-electron chi connectivity index (χ4n) is 5.72. The third-order valence-corrected chi connectivity index (χ3v) is 7.69. The zero-order valence-electron chi connectivity index (χ0n) is 21.3. The fourth-order valence-corrected chi connectivity index (χ4v) is 5.72. The standard InChI is InChI=1S/C28H37N5O2/c1-20(2)21-5-7-23(8-6-21)28(34,27(3)18-32(4)19-27)24-13-22(15-29-16-24)26-14-25(30-31-26)17-33-9-11-35-12-10-33/h5-8,13-16,20,34H,9-12,17-19H2,1-4H3,(H,30,31)/t28-/m0/s1. The lowest BCUT2D eigenvalue weighted by Gasteiger charge is -2.55. The number of pyridine rings is 1. The van der Waals surface area contributed by atoms with Crippen molar-refractivity contribution in [3.8, 4) is 11.3 Å². The fraction of sp³-hybridized carbons (Fsp3) is 0.500. The lowest BCUT2D eigenvalue weighted by molar-refractivity contribution is -0.127. The number of aromatic nitrogens is 3. The normalized spacial score (nSPS) is 20.5. The number of hydrogen-bond donors (Lipinski definition) is 2. The molecule has 2 N–H and O–H groups in total. The molecular formula is C28H37N5O2. The third kappa shape index (κ3) is 4.54. The maximum atomic E-state index is 12.5. The number of H-pyrrole nitrogens is 1. The number of nitrogens with zero attached hydrogens (tertiary/aromatic N) is 4. The zero-order chi connectivity index (χ0) is 24.6. The Bertz CT molecular complexity index is 1150. The number of likely N-dealkylation sites (tertiary alicyclic amines) is 1. The molecule has 5 rings (SSSR count). The van der Waals surface area contributed by atoms with Gasteiger partial charge >= 0.3 is 0 Å². The average Bonchev–Trinajstić information content (AvgIpc) is 3.32. The summed E-state index contributed by atoms with van der Waals surface area (Å²) < 4.78 is 5.46. The van der Waals surface area contributed by atoms with Crippen molar-refractivity contribution in [3.05, 3.63) is 71.2 Å². The van der Waals surface area contributed by atoms with Crippen LogP contribution in [0.15, 0.2) is 48.8 Å². The molecule has 3 aromatic rings. The van der Waals surface area contributed by atoms with Crippen molar-refractivity contribution in [2.45, 2.75) is 38.8 Å². The molecule has 2 aliphatic heterocycles. The Morgan fingerprint density at radius 2 is 1.80 bits per heavy atom. The second-order valence-corrected chi connectivity index (χ2v) is 10.8. The topological polar surface area (TPSA) is 77.5 Å². The summed E-state index contributed by atoms with van der Waals surface area (Å²) >= 11 is 0. The van der Waals surface area contributed by atoms with E-state index in [0.717, 1.165) is 74.0 Å². The van der Waals surface area contributed by atoms with Crippen LogP contribution in [-0.2, 0) is 16.9 Å². The van der Waals surface area contributed by atoms with Crippen molar-refractivity contribution >= 4 is 0 Å². The smallest absolute Gasteiger partial charge is 0.124 e. The summed E-state index contributed by atoms with van der Waals surface area (Å²) in [7, 11) is 2.10. The highest BCUT2D eigenvalue weighted by Crippen LogP contribution is 2.50. The van der Waals surface area contributed by atoms with Crippen molar-refractivity contribution in [1.29, 1.82) is 0 Å². The molecule has 0 spiro atoms. The average molecular weight is 476 g/mol. The molecule has 0 radical (unpaired) electrons. The number of aliphatic hydroxyl groups is 1. The molecule has 0 saturated carbocycles. The Labute approximate surface area is 208 Å². The number of aromatic amines is 1. The first kappa shape index (κ1) is 24.1. The van der Waals surface area contributed by atoms with Crippen molar-refractivity contribution in [2.24, 2.45) is 5.41 Å². The van der Waals surface area contributed by atoms with Gasteiger partial charge in [0.25, 0.3) is 0 Å². The number of ether oxygens (including phenoxy) is 1. The SMILES string of the molecule is CC(C)c1ccc([C@](O)(c2cncc(-c3cc(CN4CCOCC4)[nH]n3)c2)C2(C)CN(C)C2)cc1. The van der Waals surface area contributed by atoms with Crippen LogP contribution in [0.2, 0.25) is 0 Å². The first-order valence-electron chi connectivity index (χ1n) is 12.6. The maximum absolute atomic E-state index is 12.5. The predicted octanol–water partition coefficient (Wildman–Crippen LogP) is 3.61. The van der Waals surface area contributed by atoms with E-state index in [-0.39, 0.29) is 5.41 Å². The minimum absolute atomic E-state index is 0.325. The van der Waals surface area contributed by atoms with Crippen molar-refractivity contribution in [3.63, 3.8) is 0 Å². The first-order chi connectivity index (χ1) is 16.8. The summed E-state index contributed by atoms with van der Waals surface area (Å²) in [4.78, 5) is 9.17. The van der Waals surface area contributed by atoms with Gasteiger partial charge in [0.1, 0.15) is 5.60 Å². The summed E-state index contributed by atoms with van der Waals surface area (Å²) in [6, 6.07) is 12.6. The van der Waals surface area contributed by atoms with Crippen LogP contribution in [0, 0.1) is 5.41 Å². The molecule has 186 valence electrons. The van der Waals surface area contributed by atoms with Crippen LogP contribution < -0.4 is 0 Å². The van der Waals surface area contributed by atoms with Crippen LogP contribution >= 0.6 is 0 Å². The number of morpholine rings is 1. The second kappa shape index (κ2) is 9.47. The Balaban J connectivity index is 1.48. The lowest BCUT2D eigenvalue weighted by atomic mass is 9.62. The molecule has 2 aliphatic rings. The van der Waals surface area contributed by atoms with E-state index in [0.29, 0.717) is 5.92 Å². The minimum Gasteiger partial charge on any atom is -0.380 e. The van der Waals surface area contributed by atoms with E-state index in [2.05, 4.69) is 89.2 Å². The lowest BCUT2D eigenvalue weighted by Crippen LogP contribution is -2.63. The van der Waals surface area contributed by atoms with E-state index in [4.69, 9.17) is 4.74 Å². The van der Waals surface area contributed by atoms with E-state index in [1.54, 1.807) is 0 Å². The molecule has 0 amide bonds. The second-order valence-electron chi connectivity index (χ2n) is 10.8. The van der Waals surface area contributed by atoms with E-state index in [1.807, 2.05) is 12.4 Å². The third-order valence-electron chi connectivity index (χ3n) is 7.69. The van der Waals surface area contributed by atoms with Gasteiger partial charge in [0.05, 0.1) is 18.9 Å². The van der Waals surface area contributed by atoms with E-state index >= 15 is 0 Å². The molecule has 2 aromatic heterocycles. The van der Waals surface area contributed by atoms with Gasteiger partial charge in [-0.2, -0.15) is 5.10 Å². The van der Waals surface area contributed by atoms with Gasteiger partial charge in [-0.15, -0.1) is 0 Å². The number of hydrogen-bond acceptors (Lipinski definition) is 6.